The number of nitrogens with one attached hydrogen (secondary N) is 2. The second-order valence-electron chi connectivity index (χ2n) is 6.91. The lowest BCUT2D eigenvalue weighted by atomic mass is 10.1. The topological polar surface area (TPSA) is 188 Å². The van der Waals surface area contributed by atoms with E-state index in [2.05, 4.69) is 23.3 Å². The third-order valence-electron chi connectivity index (χ3n) is 4.74. The molecule has 3 amide bonds. The zero-order valence-corrected chi connectivity index (χ0v) is 17.1. The van der Waals surface area contributed by atoms with Gasteiger partial charge in [-0.15, -0.1) is 0 Å². The lowest BCUT2D eigenvalue weighted by molar-refractivity contribution is -0.149. The summed E-state index contributed by atoms with van der Waals surface area (Å²) in [6.07, 6.45) is 2.63. The Morgan fingerprint density at radius 1 is 1.14 bits per heavy atom. The summed E-state index contributed by atoms with van der Waals surface area (Å²) in [5.74, 6) is -3.13. The standard InChI is InChI=1S/C17H31N5O6S/c18-6-2-1-4-10(19)14(24)20-11(8-23)15(25)21-12(9-29)16(26)22-7-3-5-13(22)17(27)28/h10-13,23,29H,1-9,18-19H2,(H,20,24)(H,21,25)(H,27,28). The van der Waals surface area contributed by atoms with Gasteiger partial charge in [-0.05, 0) is 32.2 Å². The normalized spacial score (nSPS) is 19.3. The van der Waals surface area contributed by atoms with Crippen LogP contribution in [0.4, 0.5) is 0 Å². The van der Waals surface area contributed by atoms with Crippen molar-refractivity contribution < 1.29 is 29.4 Å². The first kappa shape index (κ1) is 25.1. The first-order valence-electron chi connectivity index (χ1n) is 9.58. The number of nitrogens with two attached hydrogens (primary N) is 2. The van der Waals surface area contributed by atoms with Gasteiger partial charge >= 0.3 is 5.97 Å². The molecule has 1 heterocycles. The Labute approximate surface area is 175 Å². The maximum absolute atomic E-state index is 12.6. The van der Waals surface area contributed by atoms with Crippen LogP contribution in [-0.2, 0) is 19.2 Å². The van der Waals surface area contributed by atoms with Crippen molar-refractivity contribution in [3.8, 4) is 0 Å². The van der Waals surface area contributed by atoms with E-state index in [1.165, 1.54) is 4.90 Å². The molecule has 4 atom stereocenters. The Balaban J connectivity index is 2.67. The van der Waals surface area contributed by atoms with Crippen LogP contribution >= 0.6 is 12.6 Å². The monoisotopic (exact) mass is 433 g/mol. The molecule has 1 saturated heterocycles. The second-order valence-corrected chi connectivity index (χ2v) is 7.27. The highest BCUT2D eigenvalue weighted by atomic mass is 32.1. The molecule has 12 heteroatoms. The summed E-state index contributed by atoms with van der Waals surface area (Å²) in [6.45, 7) is 0.0602. The highest BCUT2D eigenvalue weighted by Crippen LogP contribution is 2.18. The lowest BCUT2D eigenvalue weighted by Gasteiger charge is -2.27. The number of thiol groups is 1. The van der Waals surface area contributed by atoms with E-state index >= 15 is 0 Å². The number of carboxylic acids is 1. The number of nitrogens with zero attached hydrogens (tertiary/aromatic N) is 1. The first-order valence-corrected chi connectivity index (χ1v) is 10.2. The lowest BCUT2D eigenvalue weighted by Crippen LogP contribution is -2.58. The summed E-state index contributed by atoms with van der Waals surface area (Å²) in [5, 5.41) is 23.5. The fourth-order valence-corrected chi connectivity index (χ4v) is 3.31. The Bertz CT molecular complexity index is 593. The predicted octanol–water partition coefficient (Wildman–Crippen LogP) is -2.59. The fourth-order valence-electron chi connectivity index (χ4n) is 3.06. The number of carbonyl (C=O) groups excluding carboxylic acids is 3. The average molecular weight is 434 g/mol. The molecule has 4 unspecified atom stereocenters. The minimum atomic E-state index is -1.30. The Kier molecular flexibility index (Phi) is 10.9. The highest BCUT2D eigenvalue weighted by Gasteiger charge is 2.37. The highest BCUT2D eigenvalue weighted by molar-refractivity contribution is 7.80. The van der Waals surface area contributed by atoms with Gasteiger partial charge in [-0.1, -0.05) is 6.42 Å². The number of carboxylic acid groups (broad SMARTS) is 1. The molecule has 29 heavy (non-hydrogen) atoms. The third-order valence-corrected chi connectivity index (χ3v) is 5.10. The molecule has 0 aliphatic carbocycles. The summed E-state index contributed by atoms with van der Waals surface area (Å²) >= 11 is 4.06. The molecule has 0 bridgehead atoms. The van der Waals surface area contributed by atoms with E-state index in [4.69, 9.17) is 11.5 Å². The Morgan fingerprint density at radius 3 is 2.34 bits per heavy atom. The van der Waals surface area contributed by atoms with Crippen molar-refractivity contribution >= 4 is 36.3 Å². The third kappa shape index (κ3) is 7.46. The molecule has 1 rings (SSSR count). The molecule has 11 nitrogen and oxygen atoms in total. The van der Waals surface area contributed by atoms with Gasteiger partial charge in [0.05, 0.1) is 12.6 Å². The van der Waals surface area contributed by atoms with Crippen LogP contribution in [0, 0.1) is 0 Å². The van der Waals surface area contributed by atoms with Crippen LogP contribution in [0.2, 0.25) is 0 Å². The van der Waals surface area contributed by atoms with Crippen molar-refractivity contribution in [3.05, 3.63) is 0 Å². The van der Waals surface area contributed by atoms with Crippen molar-refractivity contribution in [3.63, 3.8) is 0 Å². The number of hydrogen-bond donors (Lipinski definition) is 7. The summed E-state index contributed by atoms with van der Waals surface area (Å²) in [7, 11) is 0. The molecule has 1 aliphatic heterocycles. The summed E-state index contributed by atoms with van der Waals surface area (Å²) in [5.41, 5.74) is 11.2. The van der Waals surface area contributed by atoms with Crippen LogP contribution in [0.3, 0.4) is 0 Å². The minimum Gasteiger partial charge on any atom is -0.480 e. The quantitative estimate of drug-likeness (QED) is 0.129. The molecule has 1 fully saturated rings. The number of aliphatic hydroxyl groups excluding tert-OH is 1. The van der Waals surface area contributed by atoms with E-state index in [1.807, 2.05) is 0 Å². The fraction of sp³-hybridized carbons (Fsp3) is 0.765. The number of amides is 3. The predicted molar refractivity (Wildman–Crippen MR) is 108 cm³/mol. The smallest absolute Gasteiger partial charge is 0.326 e. The SMILES string of the molecule is NCCCCC(N)C(=O)NC(CO)C(=O)NC(CS)C(=O)N1CCCC1C(=O)O. The number of unbranched alkanes of at least 4 members (excludes halogenated alkanes) is 1. The van der Waals surface area contributed by atoms with Crippen molar-refractivity contribution in [1.29, 1.82) is 0 Å². The van der Waals surface area contributed by atoms with E-state index in [0.717, 1.165) is 0 Å². The summed E-state index contributed by atoms with van der Waals surface area (Å²) in [4.78, 5) is 49.7. The minimum absolute atomic E-state index is 0.0713. The van der Waals surface area contributed by atoms with E-state index in [9.17, 15) is 29.4 Å². The number of aliphatic carboxylic acids is 1. The molecule has 0 spiro atoms. The zero-order chi connectivity index (χ0) is 22.0. The Morgan fingerprint density at radius 2 is 1.79 bits per heavy atom. The van der Waals surface area contributed by atoms with Gasteiger partial charge in [-0.2, -0.15) is 12.6 Å². The molecule has 0 aromatic heterocycles. The van der Waals surface area contributed by atoms with Crippen molar-refractivity contribution in [2.75, 3.05) is 25.4 Å². The van der Waals surface area contributed by atoms with Crippen LogP contribution in [-0.4, -0.2) is 88.4 Å². The van der Waals surface area contributed by atoms with Crippen LogP contribution in [0.25, 0.3) is 0 Å². The first-order chi connectivity index (χ1) is 13.8. The maximum atomic E-state index is 12.6. The van der Waals surface area contributed by atoms with Gasteiger partial charge in [-0.25, -0.2) is 4.79 Å². The van der Waals surface area contributed by atoms with Crippen LogP contribution < -0.4 is 22.1 Å². The van der Waals surface area contributed by atoms with Crippen molar-refractivity contribution in [2.24, 2.45) is 11.5 Å². The van der Waals surface area contributed by atoms with Gasteiger partial charge in [-0.3, -0.25) is 14.4 Å². The molecular formula is C17H31N5O6S. The van der Waals surface area contributed by atoms with Gasteiger partial charge in [0.25, 0.3) is 0 Å². The number of aliphatic hydroxyl groups is 1. The van der Waals surface area contributed by atoms with Gasteiger partial charge in [0.1, 0.15) is 18.1 Å². The van der Waals surface area contributed by atoms with Crippen molar-refractivity contribution in [2.45, 2.75) is 56.3 Å². The summed E-state index contributed by atoms with van der Waals surface area (Å²) < 4.78 is 0. The number of rotatable bonds is 12. The maximum Gasteiger partial charge on any atom is 0.326 e. The molecule has 0 aromatic carbocycles. The van der Waals surface area contributed by atoms with Crippen LogP contribution in [0.15, 0.2) is 0 Å². The summed E-state index contributed by atoms with van der Waals surface area (Å²) in [6, 6.07) is -4.18. The van der Waals surface area contributed by atoms with E-state index in [1.54, 1.807) is 0 Å². The number of likely N-dealkylation sites (tertiary alicyclic amines) is 1. The van der Waals surface area contributed by atoms with Gasteiger partial charge < -0.3 is 37.2 Å². The molecule has 0 aromatic rings. The van der Waals surface area contributed by atoms with Crippen LogP contribution in [0.5, 0.6) is 0 Å². The largest absolute Gasteiger partial charge is 0.480 e. The molecule has 0 radical (unpaired) electrons. The van der Waals surface area contributed by atoms with E-state index in [0.29, 0.717) is 38.6 Å². The molecule has 166 valence electrons. The zero-order valence-electron chi connectivity index (χ0n) is 16.2. The van der Waals surface area contributed by atoms with Gasteiger partial charge in [0.15, 0.2) is 0 Å². The van der Waals surface area contributed by atoms with Gasteiger partial charge in [0, 0.05) is 12.3 Å². The number of hydrogen-bond acceptors (Lipinski definition) is 8. The molecule has 8 N–H and O–H groups in total. The molecule has 1 aliphatic rings. The second kappa shape index (κ2) is 12.6. The number of carbonyl (C=O) groups is 4. The van der Waals surface area contributed by atoms with Gasteiger partial charge in [0.2, 0.25) is 17.7 Å². The molecule has 0 saturated carbocycles. The average Bonchev–Trinajstić information content (AvgIpc) is 3.19. The van der Waals surface area contributed by atoms with E-state index in [-0.39, 0.29) is 12.3 Å². The van der Waals surface area contributed by atoms with E-state index < -0.39 is 54.5 Å². The Hall–Kier alpha value is -1.89. The van der Waals surface area contributed by atoms with Crippen molar-refractivity contribution in [1.82, 2.24) is 15.5 Å². The molecular weight excluding hydrogens is 402 g/mol. The van der Waals surface area contributed by atoms with Crippen LogP contribution in [0.1, 0.15) is 32.1 Å².